The van der Waals surface area contributed by atoms with E-state index in [4.69, 9.17) is 4.74 Å². The predicted molar refractivity (Wildman–Crippen MR) is 102 cm³/mol. The number of nitrogens with zero attached hydrogens (tertiary/aromatic N) is 4. The lowest BCUT2D eigenvalue weighted by Gasteiger charge is -2.19. The van der Waals surface area contributed by atoms with Gasteiger partial charge in [0.05, 0.1) is 23.8 Å². The van der Waals surface area contributed by atoms with Crippen LogP contribution in [0, 0.1) is 6.92 Å². The molecule has 2 N–H and O–H groups in total. The number of phenolic OH excluding ortho intramolecular Hbond substituents is 1. The van der Waals surface area contributed by atoms with Crippen LogP contribution in [-0.2, 0) is 20.5 Å². The van der Waals surface area contributed by atoms with Gasteiger partial charge in [-0.05, 0) is 25.1 Å². The molecule has 9 nitrogen and oxygen atoms in total. The molecule has 12 heteroatoms. The van der Waals surface area contributed by atoms with Gasteiger partial charge in [0.25, 0.3) is 0 Å². The second-order valence-corrected chi connectivity index (χ2v) is 7.12. The van der Waals surface area contributed by atoms with Gasteiger partial charge in [0.1, 0.15) is 17.5 Å². The Morgan fingerprint density at radius 1 is 1.23 bits per heavy atom. The number of nitrogens with one attached hydrogen (secondary N) is 1. The van der Waals surface area contributed by atoms with Crippen LogP contribution >= 0.6 is 0 Å². The van der Waals surface area contributed by atoms with Crippen LogP contribution in [0.15, 0.2) is 18.2 Å². The number of likely N-dealkylation sites (tertiary alicyclic amines) is 1. The van der Waals surface area contributed by atoms with E-state index in [-0.39, 0.29) is 36.2 Å². The first-order chi connectivity index (χ1) is 14.5. The quantitative estimate of drug-likeness (QED) is 0.696. The van der Waals surface area contributed by atoms with E-state index in [0.29, 0.717) is 11.8 Å². The van der Waals surface area contributed by atoms with Crippen LogP contribution in [0.4, 0.5) is 19.1 Å². The lowest BCUT2D eigenvalue weighted by molar-refractivity contribution is -0.146. The zero-order chi connectivity index (χ0) is 22.9. The largest absolute Gasteiger partial charge is 0.507 e. The number of phenols is 1. The first kappa shape index (κ1) is 22.2. The molecule has 0 radical (unpaired) electrons. The van der Waals surface area contributed by atoms with Gasteiger partial charge in [-0.3, -0.25) is 9.59 Å². The number of halogens is 3. The third-order valence-corrected chi connectivity index (χ3v) is 4.78. The minimum Gasteiger partial charge on any atom is -0.507 e. The number of benzene rings is 1. The molecule has 0 bridgehead atoms. The predicted octanol–water partition coefficient (Wildman–Crippen LogP) is 2.15. The van der Waals surface area contributed by atoms with Crippen LogP contribution in [0.25, 0.3) is 11.3 Å². The molecule has 0 saturated carbocycles. The van der Waals surface area contributed by atoms with Crippen molar-refractivity contribution in [1.29, 1.82) is 0 Å². The first-order valence-electron chi connectivity index (χ1n) is 9.27. The number of alkyl halides is 3. The second kappa shape index (κ2) is 8.36. The Labute approximate surface area is 175 Å². The summed E-state index contributed by atoms with van der Waals surface area (Å²) in [5.74, 6) is -1.19. The molecule has 1 aliphatic heterocycles. The fourth-order valence-corrected chi connectivity index (χ4v) is 3.29. The number of amides is 1. The van der Waals surface area contributed by atoms with Crippen LogP contribution in [0.3, 0.4) is 0 Å². The highest BCUT2D eigenvalue weighted by molar-refractivity contribution is 5.74. The fraction of sp³-hybridized carbons (Fsp3) is 0.421. The van der Waals surface area contributed by atoms with E-state index >= 15 is 0 Å². The fourth-order valence-electron chi connectivity index (χ4n) is 3.29. The molecule has 3 rings (SSSR count). The highest BCUT2D eigenvalue weighted by atomic mass is 19.4. The van der Waals surface area contributed by atoms with E-state index in [9.17, 15) is 27.9 Å². The number of aryl methyl sites for hydroxylation is 1. The van der Waals surface area contributed by atoms with Gasteiger partial charge in [-0.1, -0.05) is 0 Å². The van der Waals surface area contributed by atoms with E-state index in [1.807, 2.05) is 0 Å². The molecule has 31 heavy (non-hydrogen) atoms. The van der Waals surface area contributed by atoms with Crippen molar-refractivity contribution in [3.63, 3.8) is 0 Å². The maximum absolute atomic E-state index is 12.8. The number of carbonyl (C=O) groups excluding carboxylic acids is 2. The third kappa shape index (κ3) is 5.01. The van der Waals surface area contributed by atoms with Crippen molar-refractivity contribution in [2.75, 3.05) is 18.4 Å². The highest BCUT2D eigenvalue weighted by Crippen LogP contribution is 2.36. The molecule has 0 spiro atoms. The molecule has 1 aromatic carbocycles. The Morgan fingerprint density at radius 3 is 2.48 bits per heavy atom. The normalized spacial score (nSPS) is 18.7. The number of hydrogen-bond donors (Lipinski definition) is 2. The van der Waals surface area contributed by atoms with Crippen molar-refractivity contribution in [3.05, 3.63) is 29.5 Å². The van der Waals surface area contributed by atoms with Crippen molar-refractivity contribution in [2.45, 2.75) is 39.1 Å². The van der Waals surface area contributed by atoms with E-state index in [1.165, 1.54) is 18.7 Å². The minimum atomic E-state index is -4.59. The van der Waals surface area contributed by atoms with Crippen molar-refractivity contribution in [1.82, 2.24) is 20.1 Å². The molecular formula is C19H20F3N5O4. The SMILES string of the molecule is CC(=O)OC1CN(C(C)=O)CC1Nc1nnc(-c2ccc(C(F)(F)F)cc2O)c(C)n1. The third-order valence-electron chi connectivity index (χ3n) is 4.78. The number of ether oxygens (including phenoxy) is 1. The van der Waals surface area contributed by atoms with E-state index in [0.717, 1.165) is 12.1 Å². The molecule has 2 atom stereocenters. The van der Waals surface area contributed by atoms with Gasteiger partial charge >= 0.3 is 12.1 Å². The standard InChI is InChI=1S/C19H20F3N5O4/c1-9-17(13-5-4-12(6-15(13)30)19(20,21)22)25-26-18(23-9)24-14-7-27(10(2)28)8-16(14)31-11(3)29/h4-6,14,16,30H,7-8H2,1-3H3,(H,23,24,26). The average Bonchev–Trinajstić information content (AvgIpc) is 3.03. The van der Waals surface area contributed by atoms with Crippen LogP contribution < -0.4 is 5.32 Å². The van der Waals surface area contributed by atoms with Crippen molar-refractivity contribution in [2.24, 2.45) is 0 Å². The van der Waals surface area contributed by atoms with Crippen LogP contribution in [0.1, 0.15) is 25.1 Å². The molecular weight excluding hydrogens is 419 g/mol. The Morgan fingerprint density at radius 2 is 1.94 bits per heavy atom. The minimum absolute atomic E-state index is 0.0541. The number of carbonyl (C=O) groups is 2. The summed E-state index contributed by atoms with van der Waals surface area (Å²) in [5, 5.41) is 20.9. The van der Waals surface area contributed by atoms with Gasteiger partial charge in [-0.2, -0.15) is 13.2 Å². The van der Waals surface area contributed by atoms with E-state index in [2.05, 4.69) is 20.5 Å². The number of hydrogen-bond acceptors (Lipinski definition) is 8. The van der Waals surface area contributed by atoms with Gasteiger partial charge in [0, 0.05) is 26.0 Å². The molecule has 0 aliphatic carbocycles. The molecule has 2 aromatic rings. The molecule has 2 heterocycles. The van der Waals surface area contributed by atoms with Crippen LogP contribution in [0.2, 0.25) is 0 Å². The zero-order valence-corrected chi connectivity index (χ0v) is 16.9. The van der Waals surface area contributed by atoms with Gasteiger partial charge in [-0.15, -0.1) is 10.2 Å². The molecule has 1 aromatic heterocycles. The smallest absolute Gasteiger partial charge is 0.416 e. The van der Waals surface area contributed by atoms with E-state index < -0.39 is 35.6 Å². The Balaban J connectivity index is 1.82. The summed E-state index contributed by atoms with van der Waals surface area (Å²) >= 11 is 0. The first-order valence-corrected chi connectivity index (χ1v) is 9.27. The summed E-state index contributed by atoms with van der Waals surface area (Å²) in [6.07, 6.45) is -5.19. The van der Waals surface area contributed by atoms with Crippen molar-refractivity contribution < 1.29 is 32.6 Å². The van der Waals surface area contributed by atoms with E-state index in [1.54, 1.807) is 6.92 Å². The number of rotatable bonds is 4. The average molecular weight is 439 g/mol. The van der Waals surface area contributed by atoms with Gasteiger partial charge in [0.15, 0.2) is 0 Å². The number of aromatic nitrogens is 3. The number of esters is 1. The lowest BCUT2D eigenvalue weighted by Crippen LogP contribution is -2.36. The molecule has 1 fully saturated rings. The zero-order valence-electron chi connectivity index (χ0n) is 16.9. The summed E-state index contributed by atoms with van der Waals surface area (Å²) in [5.41, 5.74) is -0.514. The molecule has 166 valence electrons. The second-order valence-electron chi connectivity index (χ2n) is 7.12. The summed E-state index contributed by atoms with van der Waals surface area (Å²) < 4.78 is 43.7. The Bertz CT molecular complexity index is 1010. The maximum atomic E-state index is 12.8. The topological polar surface area (TPSA) is 118 Å². The van der Waals surface area contributed by atoms with Crippen molar-refractivity contribution in [3.8, 4) is 17.0 Å². The van der Waals surface area contributed by atoms with Gasteiger partial charge in [-0.25, -0.2) is 4.98 Å². The summed E-state index contributed by atoms with van der Waals surface area (Å²) in [4.78, 5) is 28.8. The number of aromatic hydroxyl groups is 1. The van der Waals surface area contributed by atoms with Crippen LogP contribution in [0.5, 0.6) is 5.75 Å². The lowest BCUT2D eigenvalue weighted by atomic mass is 10.1. The van der Waals surface area contributed by atoms with Crippen molar-refractivity contribution >= 4 is 17.8 Å². The van der Waals surface area contributed by atoms with Crippen LogP contribution in [-0.4, -0.2) is 62.3 Å². The maximum Gasteiger partial charge on any atom is 0.416 e. The molecule has 1 saturated heterocycles. The molecule has 1 amide bonds. The monoisotopic (exact) mass is 439 g/mol. The highest BCUT2D eigenvalue weighted by Gasteiger charge is 2.37. The summed E-state index contributed by atoms with van der Waals surface area (Å²) in [6, 6.07) is 2.07. The molecule has 2 unspecified atom stereocenters. The Kier molecular flexibility index (Phi) is 6.00. The Hall–Kier alpha value is -3.44. The summed E-state index contributed by atoms with van der Waals surface area (Å²) in [6.45, 7) is 4.71. The molecule has 1 aliphatic rings. The number of anilines is 1. The van der Waals surface area contributed by atoms with Gasteiger partial charge < -0.3 is 20.1 Å². The van der Waals surface area contributed by atoms with Gasteiger partial charge in [0.2, 0.25) is 11.9 Å². The summed E-state index contributed by atoms with van der Waals surface area (Å²) in [7, 11) is 0.